The molecular formula is C23H28ClN3O3. The van der Waals surface area contributed by atoms with E-state index in [1.807, 2.05) is 24.3 Å². The number of hydrogen-bond acceptors (Lipinski definition) is 5. The Morgan fingerprint density at radius 3 is 2.30 bits per heavy atom. The number of ether oxygens (including phenoxy) is 1. The van der Waals surface area contributed by atoms with Crippen LogP contribution in [0.5, 0.6) is 0 Å². The summed E-state index contributed by atoms with van der Waals surface area (Å²) in [5.41, 5.74) is 2.01. The summed E-state index contributed by atoms with van der Waals surface area (Å²) in [7, 11) is 1.34. The molecule has 1 saturated heterocycles. The zero-order chi connectivity index (χ0) is 21.3. The second kappa shape index (κ2) is 11.1. The number of benzene rings is 2. The van der Waals surface area contributed by atoms with Crippen LogP contribution in [0.1, 0.15) is 23.6 Å². The molecule has 2 aromatic carbocycles. The highest BCUT2D eigenvalue weighted by Crippen LogP contribution is 2.25. The molecule has 1 atom stereocenters. The highest BCUT2D eigenvalue weighted by Gasteiger charge is 2.24. The van der Waals surface area contributed by atoms with Gasteiger partial charge in [-0.3, -0.25) is 19.4 Å². The number of rotatable bonds is 8. The summed E-state index contributed by atoms with van der Waals surface area (Å²) in [6, 6.07) is 17.1. The first-order valence-electron chi connectivity index (χ1n) is 10.1. The zero-order valence-electron chi connectivity index (χ0n) is 17.2. The average Bonchev–Trinajstić information content (AvgIpc) is 2.75. The van der Waals surface area contributed by atoms with Gasteiger partial charge in [-0.2, -0.15) is 0 Å². The van der Waals surface area contributed by atoms with Crippen molar-refractivity contribution >= 4 is 23.5 Å². The van der Waals surface area contributed by atoms with Gasteiger partial charge in [0.1, 0.15) is 0 Å². The lowest BCUT2D eigenvalue weighted by Gasteiger charge is -2.34. The van der Waals surface area contributed by atoms with Crippen LogP contribution in [-0.2, 0) is 20.9 Å². The number of nitrogens with one attached hydrogen (secondary N) is 1. The summed E-state index contributed by atoms with van der Waals surface area (Å²) >= 11 is 6.28. The number of halogens is 1. The third-order valence-corrected chi connectivity index (χ3v) is 5.64. The number of methoxy groups -OCH3 is 1. The van der Waals surface area contributed by atoms with E-state index in [-0.39, 0.29) is 12.3 Å². The lowest BCUT2D eigenvalue weighted by molar-refractivity contribution is -0.141. The van der Waals surface area contributed by atoms with Crippen LogP contribution in [0.15, 0.2) is 54.6 Å². The Kier molecular flexibility index (Phi) is 8.25. The van der Waals surface area contributed by atoms with Crippen molar-refractivity contribution in [3.8, 4) is 0 Å². The van der Waals surface area contributed by atoms with E-state index >= 15 is 0 Å². The van der Waals surface area contributed by atoms with Crippen molar-refractivity contribution < 1.29 is 14.3 Å². The van der Waals surface area contributed by atoms with E-state index in [1.165, 1.54) is 12.7 Å². The van der Waals surface area contributed by atoms with Crippen molar-refractivity contribution in [2.75, 3.05) is 39.8 Å². The highest BCUT2D eigenvalue weighted by atomic mass is 35.5. The molecule has 6 nitrogen and oxygen atoms in total. The van der Waals surface area contributed by atoms with Crippen LogP contribution in [0.3, 0.4) is 0 Å². The molecule has 1 heterocycles. The summed E-state index contributed by atoms with van der Waals surface area (Å²) in [6.45, 7) is 4.70. The van der Waals surface area contributed by atoms with Gasteiger partial charge < -0.3 is 10.1 Å². The second-order valence-electron chi connectivity index (χ2n) is 7.46. The third-order valence-electron chi connectivity index (χ3n) is 5.30. The predicted molar refractivity (Wildman–Crippen MR) is 117 cm³/mol. The van der Waals surface area contributed by atoms with Gasteiger partial charge in [-0.05, 0) is 17.2 Å². The monoisotopic (exact) mass is 429 g/mol. The molecule has 1 N–H and O–H groups in total. The minimum atomic E-state index is -0.516. The maximum atomic E-state index is 12.7. The lowest BCUT2D eigenvalue weighted by Crippen LogP contribution is -2.49. The van der Waals surface area contributed by atoms with Gasteiger partial charge in [0.05, 0.1) is 26.1 Å². The van der Waals surface area contributed by atoms with Crippen LogP contribution >= 0.6 is 11.6 Å². The summed E-state index contributed by atoms with van der Waals surface area (Å²) in [5.74, 6) is -0.518. The Hall–Kier alpha value is -2.41. The zero-order valence-corrected chi connectivity index (χ0v) is 18.0. The normalized spacial score (nSPS) is 16.1. The third kappa shape index (κ3) is 6.55. The molecule has 2 aromatic rings. The molecule has 0 aromatic heterocycles. The quantitative estimate of drug-likeness (QED) is 0.654. The Morgan fingerprint density at radius 2 is 1.63 bits per heavy atom. The van der Waals surface area contributed by atoms with Gasteiger partial charge in [0.15, 0.2) is 0 Å². The highest BCUT2D eigenvalue weighted by molar-refractivity contribution is 6.31. The van der Waals surface area contributed by atoms with Crippen LogP contribution < -0.4 is 5.32 Å². The number of amides is 1. The van der Waals surface area contributed by atoms with E-state index in [0.29, 0.717) is 17.1 Å². The summed E-state index contributed by atoms with van der Waals surface area (Å²) in [4.78, 5) is 29.1. The smallest absolute Gasteiger partial charge is 0.307 e. The van der Waals surface area contributed by atoms with E-state index in [1.54, 1.807) is 6.07 Å². The molecule has 1 aliphatic heterocycles. The minimum absolute atomic E-state index is 0.0385. The maximum absolute atomic E-state index is 12.7. The van der Waals surface area contributed by atoms with Crippen molar-refractivity contribution in [1.82, 2.24) is 15.1 Å². The second-order valence-corrected chi connectivity index (χ2v) is 7.87. The average molecular weight is 430 g/mol. The van der Waals surface area contributed by atoms with Crippen LogP contribution in [0.4, 0.5) is 0 Å². The van der Waals surface area contributed by atoms with Gasteiger partial charge in [-0.15, -0.1) is 0 Å². The predicted octanol–water partition coefficient (Wildman–Crippen LogP) is 2.88. The molecular weight excluding hydrogens is 402 g/mol. The maximum Gasteiger partial charge on any atom is 0.307 e. The lowest BCUT2D eigenvalue weighted by atomic mass is 10.0. The van der Waals surface area contributed by atoms with Gasteiger partial charge >= 0.3 is 5.97 Å². The van der Waals surface area contributed by atoms with Crippen LogP contribution in [0.2, 0.25) is 5.02 Å². The molecule has 1 unspecified atom stereocenters. The van der Waals surface area contributed by atoms with E-state index < -0.39 is 12.0 Å². The summed E-state index contributed by atoms with van der Waals surface area (Å²) in [5, 5.41) is 3.47. The largest absolute Gasteiger partial charge is 0.469 e. The van der Waals surface area contributed by atoms with Crippen molar-refractivity contribution in [1.29, 1.82) is 0 Å². The van der Waals surface area contributed by atoms with Crippen molar-refractivity contribution in [2.24, 2.45) is 0 Å². The number of piperazine rings is 1. The van der Waals surface area contributed by atoms with E-state index in [4.69, 9.17) is 16.3 Å². The van der Waals surface area contributed by atoms with Crippen LogP contribution in [0, 0.1) is 0 Å². The molecule has 7 heteroatoms. The van der Waals surface area contributed by atoms with Gasteiger partial charge in [0.25, 0.3) is 0 Å². The number of nitrogens with zero attached hydrogens (tertiary/aromatic N) is 2. The number of carbonyl (C=O) groups is 2. The molecule has 160 valence electrons. The summed E-state index contributed by atoms with van der Waals surface area (Å²) in [6.07, 6.45) is 0.0385. The molecule has 1 amide bonds. The molecule has 3 rings (SSSR count). The Labute approximate surface area is 182 Å². The van der Waals surface area contributed by atoms with Crippen molar-refractivity contribution in [3.63, 3.8) is 0 Å². The molecule has 0 spiro atoms. The number of hydrogen-bond donors (Lipinski definition) is 1. The molecule has 0 radical (unpaired) electrons. The van der Waals surface area contributed by atoms with Gasteiger partial charge in [0.2, 0.25) is 5.91 Å². The Morgan fingerprint density at radius 1 is 1.00 bits per heavy atom. The Balaban J connectivity index is 1.52. The minimum Gasteiger partial charge on any atom is -0.469 e. The molecule has 0 saturated carbocycles. The standard InChI is InChI=1S/C23H28ClN3O3/c1-30-23(29)15-21(19-9-5-6-10-20(19)24)25-22(28)17-27-13-11-26(12-14-27)16-18-7-3-2-4-8-18/h2-10,21H,11-17H2,1H3,(H,25,28). The fraction of sp³-hybridized carbons (Fsp3) is 0.391. The van der Waals surface area contributed by atoms with E-state index in [2.05, 4.69) is 39.4 Å². The van der Waals surface area contributed by atoms with Crippen LogP contribution in [0.25, 0.3) is 0 Å². The van der Waals surface area contributed by atoms with Gasteiger partial charge in [-0.1, -0.05) is 60.1 Å². The first-order chi connectivity index (χ1) is 14.5. The SMILES string of the molecule is COC(=O)CC(NC(=O)CN1CCN(Cc2ccccc2)CC1)c1ccccc1Cl. The fourth-order valence-corrected chi connectivity index (χ4v) is 3.90. The van der Waals surface area contributed by atoms with Crippen molar-refractivity contribution in [3.05, 3.63) is 70.7 Å². The van der Waals surface area contributed by atoms with E-state index in [9.17, 15) is 9.59 Å². The first kappa shape index (κ1) is 22.3. The fourth-order valence-electron chi connectivity index (χ4n) is 3.64. The van der Waals surface area contributed by atoms with Crippen molar-refractivity contribution in [2.45, 2.75) is 19.0 Å². The van der Waals surface area contributed by atoms with E-state index in [0.717, 1.165) is 32.7 Å². The topological polar surface area (TPSA) is 61.9 Å². The molecule has 30 heavy (non-hydrogen) atoms. The molecule has 1 aliphatic rings. The first-order valence-corrected chi connectivity index (χ1v) is 10.5. The van der Waals surface area contributed by atoms with Crippen LogP contribution in [-0.4, -0.2) is 61.5 Å². The molecule has 1 fully saturated rings. The molecule has 0 aliphatic carbocycles. The van der Waals surface area contributed by atoms with Gasteiger partial charge in [0, 0.05) is 37.7 Å². The Bertz CT molecular complexity index is 839. The number of esters is 1. The van der Waals surface area contributed by atoms with Gasteiger partial charge in [-0.25, -0.2) is 0 Å². The number of carbonyl (C=O) groups excluding carboxylic acids is 2. The summed E-state index contributed by atoms with van der Waals surface area (Å²) < 4.78 is 4.78. The molecule has 0 bridgehead atoms.